The van der Waals surface area contributed by atoms with E-state index in [-0.39, 0.29) is 0 Å². The third kappa shape index (κ3) is 3.57. The highest BCUT2D eigenvalue weighted by Gasteiger charge is 2.17. The number of halogens is 1. The predicted molar refractivity (Wildman–Crippen MR) is 89.6 cm³/mol. The summed E-state index contributed by atoms with van der Waals surface area (Å²) in [4.78, 5) is 18.7. The summed E-state index contributed by atoms with van der Waals surface area (Å²) in [5.74, 6) is -0.419. The van der Waals surface area contributed by atoms with E-state index in [1.807, 2.05) is 31.2 Å². The summed E-state index contributed by atoms with van der Waals surface area (Å²) >= 11 is 6.18. The lowest BCUT2D eigenvalue weighted by Gasteiger charge is -2.17. The average Bonchev–Trinajstić information content (AvgIpc) is 2.55. The molecule has 0 aliphatic heterocycles. The van der Waals surface area contributed by atoms with Gasteiger partial charge in [0.1, 0.15) is 11.8 Å². The lowest BCUT2D eigenvalue weighted by Crippen LogP contribution is -2.28. The number of nitrogens with zero attached hydrogens (tertiary/aromatic N) is 2. The van der Waals surface area contributed by atoms with Crippen molar-refractivity contribution in [3.05, 3.63) is 40.7 Å². The zero-order valence-corrected chi connectivity index (χ0v) is 14.0. The van der Waals surface area contributed by atoms with Crippen LogP contribution in [0, 0.1) is 6.92 Å². The number of esters is 1. The molecule has 0 amide bonds. The number of fused-ring (bicyclic) bond motifs is 1. The minimum absolute atomic E-state index is 0.295. The smallest absolute Gasteiger partial charge is 0.357 e. The molecule has 0 spiro atoms. The van der Waals surface area contributed by atoms with E-state index >= 15 is 0 Å². The summed E-state index contributed by atoms with van der Waals surface area (Å²) < 4.78 is 5.35. The van der Waals surface area contributed by atoms with Crippen molar-refractivity contribution in [3.8, 4) is 0 Å². The molecular weight excluding hydrogens is 300 g/mol. The van der Waals surface area contributed by atoms with E-state index in [4.69, 9.17) is 16.3 Å². The molecule has 0 unspecified atom stereocenters. The summed E-state index contributed by atoms with van der Waals surface area (Å²) in [6.07, 6.45) is 0. The fourth-order valence-electron chi connectivity index (χ4n) is 2.43. The fraction of sp³-hybridized carbons (Fsp3) is 0.412. The van der Waals surface area contributed by atoms with Crippen LogP contribution in [0.25, 0.3) is 10.8 Å². The van der Waals surface area contributed by atoms with Gasteiger partial charge in [0.05, 0.1) is 0 Å². The lowest BCUT2D eigenvalue weighted by atomic mass is 10.1. The molecular formula is C17H21ClN2O2. The topological polar surface area (TPSA) is 42.4 Å². The molecule has 0 saturated heterocycles. The van der Waals surface area contributed by atoms with E-state index in [2.05, 4.69) is 23.7 Å². The van der Waals surface area contributed by atoms with Crippen molar-refractivity contribution in [2.45, 2.75) is 20.8 Å². The molecule has 118 valence electrons. The second kappa shape index (κ2) is 7.56. The van der Waals surface area contributed by atoms with E-state index in [1.54, 1.807) is 0 Å². The number of hydrogen-bond donors (Lipinski definition) is 0. The maximum Gasteiger partial charge on any atom is 0.357 e. The van der Waals surface area contributed by atoms with Crippen LogP contribution in [-0.4, -0.2) is 42.1 Å². The quantitative estimate of drug-likeness (QED) is 0.601. The van der Waals surface area contributed by atoms with Gasteiger partial charge in [0, 0.05) is 11.9 Å². The number of hydrogen-bond acceptors (Lipinski definition) is 4. The van der Waals surface area contributed by atoms with Crippen molar-refractivity contribution in [3.63, 3.8) is 0 Å². The van der Waals surface area contributed by atoms with Gasteiger partial charge in [-0.2, -0.15) is 0 Å². The fourth-order valence-corrected chi connectivity index (χ4v) is 2.68. The Morgan fingerprint density at radius 3 is 2.50 bits per heavy atom. The Balaban J connectivity index is 2.16. The van der Waals surface area contributed by atoms with Crippen LogP contribution in [0.3, 0.4) is 0 Å². The molecule has 1 aromatic heterocycles. The van der Waals surface area contributed by atoms with Gasteiger partial charge in [-0.1, -0.05) is 49.7 Å². The second-order valence-electron chi connectivity index (χ2n) is 5.08. The number of benzene rings is 1. The first-order valence-electron chi connectivity index (χ1n) is 7.52. The van der Waals surface area contributed by atoms with Crippen molar-refractivity contribution in [1.82, 2.24) is 9.88 Å². The van der Waals surface area contributed by atoms with Gasteiger partial charge in [-0.05, 0) is 31.0 Å². The number of ether oxygens (including phenoxy) is 1. The lowest BCUT2D eigenvalue weighted by molar-refractivity contribution is 0.0459. The first kappa shape index (κ1) is 16.7. The summed E-state index contributed by atoms with van der Waals surface area (Å²) in [6.45, 7) is 8.98. The number of likely N-dealkylation sites (N-methyl/N-ethyl adjacent to an activating group) is 1. The molecule has 0 N–H and O–H groups in total. The number of pyridine rings is 1. The van der Waals surface area contributed by atoms with Crippen LogP contribution in [-0.2, 0) is 4.74 Å². The van der Waals surface area contributed by atoms with Gasteiger partial charge in [-0.25, -0.2) is 9.78 Å². The van der Waals surface area contributed by atoms with E-state index in [0.717, 1.165) is 36.0 Å². The molecule has 2 aromatic rings. The van der Waals surface area contributed by atoms with E-state index < -0.39 is 5.97 Å². The number of aryl methyl sites for hydroxylation is 1. The summed E-state index contributed by atoms with van der Waals surface area (Å²) in [7, 11) is 0. The Morgan fingerprint density at radius 1 is 1.23 bits per heavy atom. The van der Waals surface area contributed by atoms with Crippen LogP contribution in [0.15, 0.2) is 24.3 Å². The van der Waals surface area contributed by atoms with Crippen LogP contribution in [0.4, 0.5) is 0 Å². The maximum absolute atomic E-state index is 12.3. The van der Waals surface area contributed by atoms with Gasteiger partial charge in [0.25, 0.3) is 0 Å². The summed E-state index contributed by atoms with van der Waals surface area (Å²) in [5, 5.41) is 2.11. The predicted octanol–water partition coefficient (Wildman–Crippen LogP) is 3.70. The molecule has 0 saturated carbocycles. The van der Waals surface area contributed by atoms with Crippen molar-refractivity contribution < 1.29 is 9.53 Å². The first-order chi connectivity index (χ1) is 10.6. The van der Waals surface area contributed by atoms with E-state index in [1.165, 1.54) is 0 Å². The minimum atomic E-state index is -0.419. The SMILES string of the molecule is CCN(CC)CCOC(=O)c1nc(Cl)c2ccccc2c1C. The number of carbonyl (C=O) groups excluding carboxylic acids is 1. The van der Waals surface area contributed by atoms with Crippen molar-refractivity contribution >= 4 is 28.3 Å². The minimum Gasteiger partial charge on any atom is -0.460 e. The number of aromatic nitrogens is 1. The van der Waals surface area contributed by atoms with Crippen LogP contribution in [0.5, 0.6) is 0 Å². The Labute approximate surface area is 136 Å². The highest BCUT2D eigenvalue weighted by molar-refractivity contribution is 6.34. The molecule has 0 aliphatic carbocycles. The van der Waals surface area contributed by atoms with Crippen molar-refractivity contribution in [1.29, 1.82) is 0 Å². The largest absolute Gasteiger partial charge is 0.460 e. The molecule has 0 radical (unpaired) electrons. The van der Waals surface area contributed by atoms with Gasteiger partial charge >= 0.3 is 5.97 Å². The average molecular weight is 321 g/mol. The molecule has 4 nitrogen and oxygen atoms in total. The number of carbonyl (C=O) groups is 1. The van der Waals surface area contributed by atoms with Crippen LogP contribution in [0.2, 0.25) is 5.15 Å². The monoisotopic (exact) mass is 320 g/mol. The van der Waals surface area contributed by atoms with Gasteiger partial charge in [-0.3, -0.25) is 0 Å². The normalized spacial score (nSPS) is 11.1. The highest BCUT2D eigenvalue weighted by atomic mass is 35.5. The Bertz CT molecular complexity index is 669. The third-order valence-electron chi connectivity index (χ3n) is 3.85. The van der Waals surface area contributed by atoms with Crippen LogP contribution < -0.4 is 0 Å². The molecule has 0 bridgehead atoms. The van der Waals surface area contributed by atoms with Crippen molar-refractivity contribution in [2.75, 3.05) is 26.2 Å². The van der Waals surface area contributed by atoms with E-state index in [0.29, 0.717) is 17.5 Å². The Kier molecular flexibility index (Phi) is 5.75. The zero-order chi connectivity index (χ0) is 16.1. The first-order valence-corrected chi connectivity index (χ1v) is 7.90. The molecule has 22 heavy (non-hydrogen) atoms. The summed E-state index contributed by atoms with van der Waals surface area (Å²) in [5.41, 5.74) is 1.09. The molecule has 1 heterocycles. The van der Waals surface area contributed by atoms with Crippen LogP contribution in [0.1, 0.15) is 29.9 Å². The Hall–Kier alpha value is -1.65. The molecule has 0 fully saturated rings. The van der Waals surface area contributed by atoms with Gasteiger partial charge in [0.2, 0.25) is 0 Å². The molecule has 2 rings (SSSR count). The highest BCUT2D eigenvalue weighted by Crippen LogP contribution is 2.26. The molecule has 0 aliphatic rings. The maximum atomic E-state index is 12.3. The molecule has 0 atom stereocenters. The molecule has 5 heteroatoms. The van der Waals surface area contributed by atoms with Crippen LogP contribution >= 0.6 is 11.6 Å². The second-order valence-corrected chi connectivity index (χ2v) is 5.44. The van der Waals surface area contributed by atoms with Crippen molar-refractivity contribution in [2.24, 2.45) is 0 Å². The van der Waals surface area contributed by atoms with Gasteiger partial charge in [0.15, 0.2) is 5.69 Å². The van der Waals surface area contributed by atoms with E-state index in [9.17, 15) is 4.79 Å². The third-order valence-corrected chi connectivity index (χ3v) is 4.14. The zero-order valence-electron chi connectivity index (χ0n) is 13.2. The standard InChI is InChI=1S/C17H21ClN2O2/c1-4-20(5-2)10-11-22-17(21)15-12(3)13-8-6-7-9-14(13)16(18)19-15/h6-9H,4-5,10-11H2,1-3H3. The Morgan fingerprint density at radius 2 is 1.86 bits per heavy atom. The summed E-state index contributed by atoms with van der Waals surface area (Å²) in [6, 6.07) is 7.65. The van der Waals surface area contributed by atoms with Gasteiger partial charge < -0.3 is 9.64 Å². The molecule has 1 aromatic carbocycles. The number of rotatable bonds is 6. The van der Waals surface area contributed by atoms with Gasteiger partial charge in [-0.15, -0.1) is 0 Å².